The zero-order chi connectivity index (χ0) is 22.2. The molecular formula is C24H18N2O4S. The Kier molecular flexibility index (Phi) is 5.09. The molecule has 0 unspecified atom stereocenters. The number of fused-ring (bicyclic) bond motifs is 1. The molecule has 0 aliphatic heterocycles. The topological polar surface area (TPSA) is 89.2 Å². The van der Waals surface area contributed by atoms with Crippen LogP contribution in [0.3, 0.4) is 0 Å². The summed E-state index contributed by atoms with van der Waals surface area (Å²) < 4.78 is 33.4. The van der Waals surface area contributed by atoms with E-state index in [2.05, 4.69) is 0 Å². The van der Waals surface area contributed by atoms with Gasteiger partial charge in [0, 0.05) is 11.6 Å². The summed E-state index contributed by atoms with van der Waals surface area (Å²) in [4.78, 5) is 12.6. The van der Waals surface area contributed by atoms with Gasteiger partial charge in [0.05, 0.1) is 27.6 Å². The highest BCUT2D eigenvalue weighted by Gasteiger charge is 2.22. The Balaban J connectivity index is 1.84. The molecule has 154 valence electrons. The van der Waals surface area contributed by atoms with Crippen LogP contribution in [0.2, 0.25) is 0 Å². The van der Waals surface area contributed by atoms with Crippen LogP contribution in [0, 0.1) is 18.3 Å². The van der Waals surface area contributed by atoms with Crippen LogP contribution in [0.15, 0.2) is 77.8 Å². The zero-order valence-corrected chi connectivity index (χ0v) is 17.7. The fourth-order valence-corrected chi connectivity index (χ4v) is 4.76. The fraction of sp³-hybridized carbons (Fsp3) is 0.0833. The first-order valence-corrected chi connectivity index (χ1v) is 10.9. The van der Waals surface area contributed by atoms with E-state index < -0.39 is 10.0 Å². The normalized spacial score (nSPS) is 11.3. The summed E-state index contributed by atoms with van der Waals surface area (Å²) in [6.45, 7) is 3.29. The molecule has 0 atom stereocenters. The van der Waals surface area contributed by atoms with Crippen molar-refractivity contribution in [2.24, 2.45) is 0 Å². The molecular weight excluding hydrogens is 412 g/mol. The highest BCUT2D eigenvalue weighted by Crippen LogP contribution is 2.34. The lowest BCUT2D eigenvalue weighted by Gasteiger charge is -2.12. The van der Waals surface area contributed by atoms with E-state index in [1.807, 2.05) is 13.0 Å². The number of carbonyl (C=O) groups excluding carboxylic acids is 1. The van der Waals surface area contributed by atoms with Crippen LogP contribution < -0.4 is 4.74 Å². The van der Waals surface area contributed by atoms with Crippen LogP contribution in [-0.2, 0) is 10.0 Å². The Hall–Kier alpha value is -3.89. The lowest BCUT2D eigenvalue weighted by molar-refractivity contribution is 0.101. The Labute approximate surface area is 180 Å². The van der Waals surface area contributed by atoms with Crippen molar-refractivity contribution in [1.82, 2.24) is 3.97 Å². The van der Waals surface area contributed by atoms with Crippen molar-refractivity contribution in [2.75, 3.05) is 0 Å². The molecule has 0 saturated carbocycles. The third-order valence-corrected chi connectivity index (χ3v) is 6.62. The largest absolute Gasteiger partial charge is 0.457 e. The predicted octanol–water partition coefficient (Wildman–Crippen LogP) is 5.05. The SMILES string of the molecule is CC(=O)c1c(Oc2cccc(C#N)c2)ccc2c1ccn2S(=O)(=O)c1ccc(C)cc1. The molecule has 0 spiro atoms. The fourth-order valence-electron chi connectivity index (χ4n) is 3.41. The minimum Gasteiger partial charge on any atom is -0.457 e. The highest BCUT2D eigenvalue weighted by atomic mass is 32.2. The molecule has 31 heavy (non-hydrogen) atoms. The molecule has 0 aliphatic rings. The average Bonchev–Trinajstić information content (AvgIpc) is 3.18. The molecule has 0 aliphatic carbocycles. The number of aryl methyl sites for hydroxylation is 1. The number of hydrogen-bond acceptors (Lipinski definition) is 5. The molecule has 3 aromatic carbocycles. The quantitative estimate of drug-likeness (QED) is 0.413. The molecule has 0 bridgehead atoms. The summed E-state index contributed by atoms with van der Waals surface area (Å²) in [6.07, 6.45) is 1.44. The van der Waals surface area contributed by atoms with Crippen LogP contribution in [-0.4, -0.2) is 18.2 Å². The number of hydrogen-bond donors (Lipinski definition) is 0. The second kappa shape index (κ2) is 7.74. The van der Waals surface area contributed by atoms with Crippen LogP contribution in [0.4, 0.5) is 0 Å². The number of ketones is 1. The van der Waals surface area contributed by atoms with E-state index in [4.69, 9.17) is 10.00 Å². The average molecular weight is 430 g/mol. The number of ether oxygens (including phenoxy) is 1. The van der Waals surface area contributed by atoms with E-state index >= 15 is 0 Å². The number of carbonyl (C=O) groups is 1. The summed E-state index contributed by atoms with van der Waals surface area (Å²) in [5.41, 5.74) is 2.04. The van der Waals surface area contributed by atoms with Crippen molar-refractivity contribution in [2.45, 2.75) is 18.7 Å². The molecule has 4 aromatic rings. The summed E-state index contributed by atoms with van der Waals surface area (Å²) in [6, 6.07) is 20.0. The number of aromatic nitrogens is 1. The zero-order valence-electron chi connectivity index (χ0n) is 16.9. The Morgan fingerprint density at radius 3 is 2.45 bits per heavy atom. The number of benzene rings is 3. The van der Waals surface area contributed by atoms with Gasteiger partial charge in [0.25, 0.3) is 10.0 Å². The third kappa shape index (κ3) is 3.69. The Bertz CT molecular complexity index is 1460. The van der Waals surface area contributed by atoms with Crippen molar-refractivity contribution in [3.05, 3.63) is 89.6 Å². The predicted molar refractivity (Wildman–Crippen MR) is 117 cm³/mol. The van der Waals surface area contributed by atoms with Crippen molar-refractivity contribution in [3.8, 4) is 17.6 Å². The number of Topliss-reactive ketones (excluding diaryl/α,β-unsaturated/α-hetero) is 1. The molecule has 0 radical (unpaired) electrons. The summed E-state index contributed by atoms with van der Waals surface area (Å²) in [5.74, 6) is 0.440. The Morgan fingerprint density at radius 2 is 1.77 bits per heavy atom. The van der Waals surface area contributed by atoms with E-state index in [-0.39, 0.29) is 16.2 Å². The first kappa shape index (κ1) is 20.4. The molecule has 7 heteroatoms. The monoisotopic (exact) mass is 430 g/mol. The van der Waals surface area contributed by atoms with E-state index in [0.717, 1.165) is 5.56 Å². The number of nitriles is 1. The van der Waals surface area contributed by atoms with Crippen molar-refractivity contribution in [3.63, 3.8) is 0 Å². The van der Waals surface area contributed by atoms with Gasteiger partial charge in [0.1, 0.15) is 11.5 Å². The van der Waals surface area contributed by atoms with Gasteiger partial charge in [-0.05, 0) is 62.4 Å². The lowest BCUT2D eigenvalue weighted by atomic mass is 10.1. The minimum absolute atomic E-state index is 0.161. The van der Waals surface area contributed by atoms with E-state index in [1.54, 1.807) is 66.7 Å². The van der Waals surface area contributed by atoms with E-state index in [9.17, 15) is 13.2 Å². The molecule has 0 fully saturated rings. The maximum Gasteiger partial charge on any atom is 0.268 e. The van der Waals surface area contributed by atoms with Gasteiger partial charge in [-0.1, -0.05) is 23.8 Å². The molecule has 6 nitrogen and oxygen atoms in total. The van der Waals surface area contributed by atoms with Gasteiger partial charge >= 0.3 is 0 Å². The number of rotatable bonds is 5. The minimum atomic E-state index is -3.83. The first-order chi connectivity index (χ1) is 14.8. The van der Waals surface area contributed by atoms with Crippen LogP contribution in [0.1, 0.15) is 28.4 Å². The molecule has 1 heterocycles. The Morgan fingerprint density at radius 1 is 1.03 bits per heavy atom. The van der Waals surface area contributed by atoms with Gasteiger partial charge in [-0.15, -0.1) is 0 Å². The van der Waals surface area contributed by atoms with E-state index in [1.165, 1.54) is 17.1 Å². The maximum absolute atomic E-state index is 13.2. The van der Waals surface area contributed by atoms with Crippen molar-refractivity contribution in [1.29, 1.82) is 5.26 Å². The molecule has 0 N–H and O–H groups in total. The molecule has 4 rings (SSSR count). The van der Waals surface area contributed by atoms with Gasteiger partial charge < -0.3 is 4.74 Å². The van der Waals surface area contributed by atoms with Crippen LogP contribution in [0.5, 0.6) is 11.5 Å². The highest BCUT2D eigenvalue weighted by molar-refractivity contribution is 7.90. The van der Waals surface area contributed by atoms with Gasteiger partial charge in [0.2, 0.25) is 0 Å². The standard InChI is InChI=1S/C24H18N2O4S/c1-16-6-8-20(9-7-16)31(28,29)26-13-12-21-22(26)10-11-23(24(21)17(2)27)30-19-5-3-4-18(14-19)15-25/h3-14H,1-2H3. The number of nitrogens with zero attached hydrogens (tertiary/aromatic N) is 2. The molecule has 0 saturated heterocycles. The van der Waals surface area contributed by atoms with Crippen molar-refractivity contribution >= 4 is 26.7 Å². The van der Waals surface area contributed by atoms with Crippen LogP contribution in [0.25, 0.3) is 10.9 Å². The van der Waals surface area contributed by atoms with Gasteiger partial charge in [-0.2, -0.15) is 5.26 Å². The van der Waals surface area contributed by atoms with Gasteiger partial charge in [0.15, 0.2) is 5.78 Å². The van der Waals surface area contributed by atoms with E-state index in [0.29, 0.717) is 28.0 Å². The lowest BCUT2D eigenvalue weighted by Crippen LogP contribution is -2.12. The summed E-state index contributed by atoms with van der Waals surface area (Å²) in [7, 11) is -3.83. The second-order valence-electron chi connectivity index (χ2n) is 7.10. The van der Waals surface area contributed by atoms with Crippen LogP contribution >= 0.6 is 0 Å². The van der Waals surface area contributed by atoms with Gasteiger partial charge in [-0.3, -0.25) is 4.79 Å². The summed E-state index contributed by atoms with van der Waals surface area (Å²) in [5, 5.41) is 9.55. The molecule has 0 amide bonds. The maximum atomic E-state index is 13.2. The van der Waals surface area contributed by atoms with Gasteiger partial charge in [-0.25, -0.2) is 12.4 Å². The molecule has 1 aromatic heterocycles. The van der Waals surface area contributed by atoms with Crippen molar-refractivity contribution < 1.29 is 17.9 Å². The third-order valence-electron chi connectivity index (χ3n) is 4.92. The summed E-state index contributed by atoms with van der Waals surface area (Å²) >= 11 is 0. The second-order valence-corrected chi connectivity index (χ2v) is 8.91. The smallest absolute Gasteiger partial charge is 0.268 e. The first-order valence-electron chi connectivity index (χ1n) is 9.46.